The standard InChI is InChI=1S/C18H36N2/c1-3-4-5-6-7-8-9-10-14-20-15-13-19-16-18(20,2)17-11-12-17/h17,19H,3-16H2,1-2H3. The molecule has 2 heteroatoms. The number of nitrogens with one attached hydrogen (secondary N) is 1. The minimum atomic E-state index is 0.472. The van der Waals surface area contributed by atoms with Gasteiger partial charge in [-0.05, 0) is 38.6 Å². The quantitative estimate of drug-likeness (QED) is 0.603. The molecule has 0 radical (unpaired) electrons. The molecule has 1 saturated carbocycles. The highest BCUT2D eigenvalue weighted by Crippen LogP contribution is 2.43. The molecule has 1 N–H and O–H groups in total. The fourth-order valence-electron chi connectivity index (χ4n) is 3.83. The maximum Gasteiger partial charge on any atom is 0.0334 e. The van der Waals surface area contributed by atoms with Gasteiger partial charge in [0, 0.05) is 25.2 Å². The van der Waals surface area contributed by atoms with Gasteiger partial charge in [-0.2, -0.15) is 0 Å². The molecule has 2 rings (SSSR count). The zero-order chi connectivity index (χ0) is 14.3. The van der Waals surface area contributed by atoms with Crippen LogP contribution < -0.4 is 5.32 Å². The van der Waals surface area contributed by atoms with Crippen LogP contribution >= 0.6 is 0 Å². The van der Waals surface area contributed by atoms with Crippen LogP contribution in [-0.2, 0) is 0 Å². The van der Waals surface area contributed by atoms with Crippen molar-refractivity contribution < 1.29 is 0 Å². The molecule has 2 nitrogen and oxygen atoms in total. The van der Waals surface area contributed by atoms with E-state index in [0.29, 0.717) is 5.54 Å². The molecular weight excluding hydrogens is 244 g/mol. The van der Waals surface area contributed by atoms with Crippen molar-refractivity contribution >= 4 is 0 Å². The molecule has 1 aliphatic heterocycles. The summed E-state index contributed by atoms with van der Waals surface area (Å²) in [5.74, 6) is 0.976. The van der Waals surface area contributed by atoms with Crippen molar-refractivity contribution in [1.29, 1.82) is 0 Å². The van der Waals surface area contributed by atoms with E-state index >= 15 is 0 Å². The minimum absolute atomic E-state index is 0.472. The number of unbranched alkanes of at least 4 members (excludes halogenated alkanes) is 7. The van der Waals surface area contributed by atoms with Gasteiger partial charge in [0.25, 0.3) is 0 Å². The maximum absolute atomic E-state index is 3.62. The number of hydrogen-bond donors (Lipinski definition) is 1. The van der Waals surface area contributed by atoms with Gasteiger partial charge in [0.2, 0.25) is 0 Å². The lowest BCUT2D eigenvalue weighted by Gasteiger charge is -2.46. The second-order valence-corrected chi connectivity index (χ2v) is 7.27. The van der Waals surface area contributed by atoms with Crippen molar-refractivity contribution in [3.05, 3.63) is 0 Å². The van der Waals surface area contributed by atoms with E-state index in [4.69, 9.17) is 0 Å². The summed E-state index contributed by atoms with van der Waals surface area (Å²) in [5.41, 5.74) is 0.472. The van der Waals surface area contributed by atoms with Crippen molar-refractivity contribution in [3.63, 3.8) is 0 Å². The van der Waals surface area contributed by atoms with Gasteiger partial charge < -0.3 is 5.32 Å². The Morgan fingerprint density at radius 2 is 1.65 bits per heavy atom. The number of piperazine rings is 1. The lowest BCUT2D eigenvalue weighted by atomic mass is 9.91. The smallest absolute Gasteiger partial charge is 0.0334 e. The Hall–Kier alpha value is -0.0800. The van der Waals surface area contributed by atoms with E-state index in [9.17, 15) is 0 Å². The van der Waals surface area contributed by atoms with Gasteiger partial charge in [0.1, 0.15) is 0 Å². The molecule has 1 unspecified atom stereocenters. The Morgan fingerprint density at radius 1 is 1.00 bits per heavy atom. The van der Waals surface area contributed by atoms with Crippen molar-refractivity contribution in [1.82, 2.24) is 10.2 Å². The number of rotatable bonds is 10. The van der Waals surface area contributed by atoms with E-state index in [2.05, 4.69) is 24.1 Å². The van der Waals surface area contributed by atoms with Crippen molar-refractivity contribution in [3.8, 4) is 0 Å². The van der Waals surface area contributed by atoms with Crippen LogP contribution in [0.5, 0.6) is 0 Å². The first-order valence-corrected chi connectivity index (χ1v) is 9.23. The van der Waals surface area contributed by atoms with E-state index in [0.717, 1.165) is 5.92 Å². The normalized spacial score (nSPS) is 27.9. The third kappa shape index (κ3) is 4.73. The second-order valence-electron chi connectivity index (χ2n) is 7.27. The Labute approximate surface area is 126 Å². The first-order valence-electron chi connectivity index (χ1n) is 9.23. The predicted molar refractivity (Wildman–Crippen MR) is 88.2 cm³/mol. The van der Waals surface area contributed by atoms with Crippen LogP contribution in [0.1, 0.15) is 78.1 Å². The molecule has 1 heterocycles. The average Bonchev–Trinajstić information content (AvgIpc) is 3.28. The van der Waals surface area contributed by atoms with Gasteiger partial charge in [-0.3, -0.25) is 4.90 Å². The zero-order valence-electron chi connectivity index (χ0n) is 13.9. The molecule has 0 spiro atoms. The van der Waals surface area contributed by atoms with Crippen LogP contribution in [0, 0.1) is 5.92 Å². The molecule has 2 fully saturated rings. The third-order valence-corrected chi connectivity index (χ3v) is 5.50. The summed E-state index contributed by atoms with van der Waals surface area (Å²) in [6.07, 6.45) is 14.4. The predicted octanol–water partition coefficient (Wildman–Crippen LogP) is 4.20. The van der Waals surface area contributed by atoms with Crippen LogP contribution in [0.4, 0.5) is 0 Å². The highest BCUT2D eigenvalue weighted by atomic mass is 15.3. The molecule has 1 aliphatic carbocycles. The summed E-state index contributed by atoms with van der Waals surface area (Å²) < 4.78 is 0. The molecule has 2 aliphatic rings. The van der Waals surface area contributed by atoms with Crippen molar-refractivity contribution in [2.24, 2.45) is 5.92 Å². The summed E-state index contributed by atoms with van der Waals surface area (Å²) in [6.45, 7) is 9.81. The van der Waals surface area contributed by atoms with Crippen molar-refractivity contribution in [2.45, 2.75) is 83.6 Å². The van der Waals surface area contributed by atoms with E-state index in [-0.39, 0.29) is 0 Å². The van der Waals surface area contributed by atoms with E-state index in [1.54, 1.807) is 0 Å². The lowest BCUT2D eigenvalue weighted by molar-refractivity contribution is 0.0542. The van der Waals surface area contributed by atoms with Gasteiger partial charge >= 0.3 is 0 Å². The lowest BCUT2D eigenvalue weighted by Crippen LogP contribution is -2.61. The summed E-state index contributed by atoms with van der Waals surface area (Å²) in [7, 11) is 0. The van der Waals surface area contributed by atoms with Crippen LogP contribution in [0.2, 0.25) is 0 Å². The Bertz CT molecular complexity index is 262. The first kappa shape index (κ1) is 16.3. The van der Waals surface area contributed by atoms with Crippen molar-refractivity contribution in [2.75, 3.05) is 26.2 Å². The summed E-state index contributed by atoms with van der Waals surface area (Å²) in [4.78, 5) is 2.80. The average molecular weight is 281 g/mol. The second kappa shape index (κ2) is 8.38. The monoisotopic (exact) mass is 280 g/mol. The molecule has 0 aromatic rings. The Morgan fingerprint density at radius 3 is 2.30 bits per heavy atom. The molecule has 1 saturated heterocycles. The summed E-state index contributed by atoms with van der Waals surface area (Å²) in [5, 5.41) is 3.62. The largest absolute Gasteiger partial charge is 0.314 e. The van der Waals surface area contributed by atoms with Gasteiger partial charge in [-0.25, -0.2) is 0 Å². The zero-order valence-corrected chi connectivity index (χ0v) is 13.9. The van der Waals surface area contributed by atoms with Crippen LogP contribution in [0.15, 0.2) is 0 Å². The fraction of sp³-hybridized carbons (Fsp3) is 1.00. The minimum Gasteiger partial charge on any atom is -0.314 e. The molecule has 0 bridgehead atoms. The molecule has 20 heavy (non-hydrogen) atoms. The van der Waals surface area contributed by atoms with Gasteiger partial charge in [0.15, 0.2) is 0 Å². The molecule has 1 atom stereocenters. The van der Waals surface area contributed by atoms with Gasteiger partial charge in [0.05, 0.1) is 0 Å². The topological polar surface area (TPSA) is 15.3 Å². The highest BCUT2D eigenvalue weighted by Gasteiger charge is 2.46. The molecule has 0 aromatic heterocycles. The SMILES string of the molecule is CCCCCCCCCCN1CCNCC1(C)C1CC1. The summed E-state index contributed by atoms with van der Waals surface area (Å²) >= 11 is 0. The molecular formula is C18H36N2. The number of nitrogens with zero attached hydrogens (tertiary/aromatic N) is 1. The third-order valence-electron chi connectivity index (χ3n) is 5.50. The number of hydrogen-bond acceptors (Lipinski definition) is 2. The van der Waals surface area contributed by atoms with Crippen LogP contribution in [-0.4, -0.2) is 36.6 Å². The van der Waals surface area contributed by atoms with Crippen LogP contribution in [0.25, 0.3) is 0 Å². The van der Waals surface area contributed by atoms with E-state index in [1.165, 1.54) is 90.4 Å². The van der Waals surface area contributed by atoms with Gasteiger partial charge in [-0.1, -0.05) is 51.9 Å². The Kier molecular flexibility index (Phi) is 6.83. The van der Waals surface area contributed by atoms with E-state index < -0.39 is 0 Å². The summed E-state index contributed by atoms with van der Waals surface area (Å²) in [6, 6.07) is 0. The highest BCUT2D eigenvalue weighted by molar-refractivity contribution is 5.02. The fourth-order valence-corrected chi connectivity index (χ4v) is 3.83. The molecule has 0 aromatic carbocycles. The maximum atomic E-state index is 3.62. The van der Waals surface area contributed by atoms with Gasteiger partial charge in [-0.15, -0.1) is 0 Å². The van der Waals surface area contributed by atoms with E-state index in [1.807, 2.05) is 0 Å². The van der Waals surface area contributed by atoms with Crippen LogP contribution in [0.3, 0.4) is 0 Å². The first-order chi connectivity index (χ1) is 9.77. The Balaban J connectivity index is 1.56. The molecule has 0 amide bonds. The molecule has 118 valence electrons.